The lowest BCUT2D eigenvalue weighted by Gasteiger charge is -2.14. The van der Waals surface area contributed by atoms with Crippen molar-refractivity contribution in [1.82, 2.24) is 4.72 Å². The first kappa shape index (κ1) is 17.7. The van der Waals surface area contributed by atoms with E-state index in [1.54, 1.807) is 6.07 Å². The molecule has 1 aromatic rings. The lowest BCUT2D eigenvalue weighted by Crippen LogP contribution is -2.41. The van der Waals surface area contributed by atoms with Crippen LogP contribution >= 0.6 is 0 Å². The third kappa shape index (κ3) is 5.85. The highest BCUT2D eigenvalue weighted by Gasteiger charge is 2.23. The fourth-order valence-corrected chi connectivity index (χ4v) is 3.37. The number of nitrogens with one attached hydrogen (secondary N) is 1. The maximum Gasteiger partial charge on any atom is 0.321 e. The zero-order valence-corrected chi connectivity index (χ0v) is 13.5. The summed E-state index contributed by atoms with van der Waals surface area (Å²) >= 11 is 0. The average molecular weight is 313 g/mol. The summed E-state index contributed by atoms with van der Waals surface area (Å²) in [4.78, 5) is 11.1. The van der Waals surface area contributed by atoms with E-state index >= 15 is 0 Å². The molecule has 0 radical (unpaired) electrons. The van der Waals surface area contributed by atoms with Crippen LogP contribution in [0.2, 0.25) is 0 Å². The molecular weight excluding hydrogens is 290 g/mol. The van der Waals surface area contributed by atoms with E-state index in [0.29, 0.717) is 18.4 Å². The van der Waals surface area contributed by atoms with Gasteiger partial charge in [0.25, 0.3) is 0 Å². The molecule has 0 aliphatic rings. The van der Waals surface area contributed by atoms with Gasteiger partial charge in [0.15, 0.2) is 0 Å². The number of rotatable bonds is 8. The first-order valence-corrected chi connectivity index (χ1v) is 8.69. The normalized spacial score (nSPS) is 13.1. The van der Waals surface area contributed by atoms with Crippen molar-refractivity contribution in [3.63, 3.8) is 0 Å². The van der Waals surface area contributed by atoms with Gasteiger partial charge in [0.2, 0.25) is 10.0 Å². The average Bonchev–Trinajstić information content (AvgIpc) is 2.38. The smallest absolute Gasteiger partial charge is 0.321 e. The van der Waals surface area contributed by atoms with Crippen LogP contribution in [0.5, 0.6) is 0 Å². The molecule has 0 aliphatic heterocycles. The molecule has 1 atom stereocenters. The number of unbranched alkanes of at least 4 members (excludes halogenated alkanes) is 1. The zero-order valence-electron chi connectivity index (χ0n) is 12.7. The Bertz CT molecular complexity index is 596. The maximum atomic E-state index is 12.1. The van der Waals surface area contributed by atoms with E-state index in [2.05, 4.69) is 4.72 Å². The Morgan fingerprint density at radius 2 is 1.95 bits per heavy atom. The van der Waals surface area contributed by atoms with Crippen LogP contribution in [-0.4, -0.2) is 25.5 Å². The predicted molar refractivity (Wildman–Crippen MR) is 82.6 cm³/mol. The molecule has 2 N–H and O–H groups in total. The number of aryl methyl sites for hydroxylation is 2. The molecule has 0 aromatic heterocycles. The molecule has 0 spiro atoms. The standard InChI is InChI=1S/C15H23NO4S/c1-4-5-6-14(15(17)18)16-21(19,20)10-13-8-7-11(2)12(3)9-13/h7-9,14,16H,4-6,10H2,1-3H3,(H,17,18)/t14-/m0/s1. The van der Waals surface area contributed by atoms with E-state index in [1.807, 2.05) is 32.9 Å². The van der Waals surface area contributed by atoms with E-state index in [4.69, 9.17) is 5.11 Å². The second kappa shape index (κ2) is 7.56. The minimum absolute atomic E-state index is 0.204. The fraction of sp³-hybridized carbons (Fsp3) is 0.533. The molecule has 118 valence electrons. The van der Waals surface area contributed by atoms with E-state index in [0.717, 1.165) is 17.5 Å². The van der Waals surface area contributed by atoms with Crippen molar-refractivity contribution < 1.29 is 18.3 Å². The number of aliphatic carboxylic acids is 1. The maximum absolute atomic E-state index is 12.1. The van der Waals surface area contributed by atoms with Crippen molar-refractivity contribution in [2.45, 2.75) is 51.8 Å². The molecule has 0 aliphatic carbocycles. The van der Waals surface area contributed by atoms with Gasteiger partial charge in [0, 0.05) is 0 Å². The second-order valence-corrected chi connectivity index (χ2v) is 7.08. The SMILES string of the molecule is CCCC[C@H](NS(=O)(=O)Cc1ccc(C)c(C)c1)C(=O)O. The molecule has 5 nitrogen and oxygen atoms in total. The number of sulfonamides is 1. The van der Waals surface area contributed by atoms with Crippen molar-refractivity contribution in [3.8, 4) is 0 Å². The molecule has 1 rings (SSSR count). The van der Waals surface area contributed by atoms with Gasteiger partial charge in [-0.05, 0) is 37.0 Å². The number of hydrogen-bond donors (Lipinski definition) is 2. The summed E-state index contributed by atoms with van der Waals surface area (Å²) in [6.45, 7) is 5.81. The Hall–Kier alpha value is -1.40. The summed E-state index contributed by atoms with van der Waals surface area (Å²) in [5.74, 6) is -1.34. The molecule has 0 unspecified atom stereocenters. The van der Waals surface area contributed by atoms with Gasteiger partial charge >= 0.3 is 5.97 Å². The van der Waals surface area contributed by atoms with Crippen LogP contribution in [0.25, 0.3) is 0 Å². The van der Waals surface area contributed by atoms with E-state index in [-0.39, 0.29) is 5.75 Å². The van der Waals surface area contributed by atoms with Gasteiger partial charge in [0.05, 0.1) is 5.75 Å². The van der Waals surface area contributed by atoms with Crippen molar-refractivity contribution >= 4 is 16.0 Å². The highest BCUT2D eigenvalue weighted by atomic mass is 32.2. The summed E-state index contributed by atoms with van der Waals surface area (Å²) < 4.78 is 26.5. The Kier molecular flexibility index (Phi) is 6.36. The number of carbonyl (C=O) groups is 1. The van der Waals surface area contributed by atoms with Gasteiger partial charge in [-0.2, -0.15) is 0 Å². The minimum Gasteiger partial charge on any atom is -0.480 e. The Labute approximate surface area is 126 Å². The highest BCUT2D eigenvalue weighted by Crippen LogP contribution is 2.13. The third-order valence-electron chi connectivity index (χ3n) is 3.39. The van der Waals surface area contributed by atoms with Gasteiger partial charge in [-0.15, -0.1) is 0 Å². The predicted octanol–water partition coefficient (Wildman–Crippen LogP) is 2.37. The molecule has 1 aromatic carbocycles. The van der Waals surface area contributed by atoms with Crippen molar-refractivity contribution in [2.24, 2.45) is 0 Å². The number of carboxylic acid groups (broad SMARTS) is 1. The largest absolute Gasteiger partial charge is 0.480 e. The van der Waals surface area contributed by atoms with E-state index in [9.17, 15) is 13.2 Å². The molecular formula is C15H23NO4S. The minimum atomic E-state index is -3.67. The summed E-state index contributed by atoms with van der Waals surface area (Å²) in [7, 11) is -3.67. The summed E-state index contributed by atoms with van der Waals surface area (Å²) in [5.41, 5.74) is 2.77. The molecule has 21 heavy (non-hydrogen) atoms. The van der Waals surface area contributed by atoms with Crippen molar-refractivity contribution in [2.75, 3.05) is 0 Å². The Morgan fingerprint density at radius 3 is 2.48 bits per heavy atom. The van der Waals surface area contributed by atoms with Gasteiger partial charge in [-0.25, -0.2) is 13.1 Å². The fourth-order valence-electron chi connectivity index (χ4n) is 2.01. The molecule has 6 heteroatoms. The Balaban J connectivity index is 2.79. The zero-order chi connectivity index (χ0) is 16.0. The van der Waals surface area contributed by atoms with Gasteiger partial charge in [-0.3, -0.25) is 4.79 Å². The van der Waals surface area contributed by atoms with E-state index in [1.165, 1.54) is 0 Å². The summed E-state index contributed by atoms with van der Waals surface area (Å²) in [5, 5.41) is 9.08. The molecule has 0 saturated heterocycles. The number of benzene rings is 1. The number of carboxylic acids is 1. The number of hydrogen-bond acceptors (Lipinski definition) is 3. The van der Waals surface area contributed by atoms with Crippen molar-refractivity contribution in [3.05, 3.63) is 34.9 Å². The molecule has 0 amide bonds. The lowest BCUT2D eigenvalue weighted by molar-refractivity contribution is -0.139. The molecule has 0 fully saturated rings. The van der Waals surface area contributed by atoms with Crippen LogP contribution in [0.1, 0.15) is 42.9 Å². The summed E-state index contributed by atoms with van der Waals surface area (Å²) in [6.07, 6.45) is 1.80. The molecule has 0 bridgehead atoms. The van der Waals surface area contributed by atoms with Crippen LogP contribution < -0.4 is 4.72 Å². The van der Waals surface area contributed by atoms with Crippen LogP contribution in [0, 0.1) is 13.8 Å². The van der Waals surface area contributed by atoms with E-state index < -0.39 is 22.0 Å². The van der Waals surface area contributed by atoms with Crippen LogP contribution in [0.15, 0.2) is 18.2 Å². The quantitative estimate of drug-likeness (QED) is 0.772. The molecule has 0 saturated carbocycles. The summed E-state index contributed by atoms with van der Waals surface area (Å²) in [6, 6.07) is 4.38. The first-order valence-electron chi connectivity index (χ1n) is 7.04. The van der Waals surface area contributed by atoms with Crippen molar-refractivity contribution in [1.29, 1.82) is 0 Å². The van der Waals surface area contributed by atoms with Gasteiger partial charge in [0.1, 0.15) is 6.04 Å². The van der Waals surface area contributed by atoms with Gasteiger partial charge in [-0.1, -0.05) is 38.0 Å². The topological polar surface area (TPSA) is 83.5 Å². The highest BCUT2D eigenvalue weighted by molar-refractivity contribution is 7.88. The monoisotopic (exact) mass is 313 g/mol. The Morgan fingerprint density at radius 1 is 1.29 bits per heavy atom. The van der Waals surface area contributed by atoms with Crippen LogP contribution in [-0.2, 0) is 20.6 Å². The van der Waals surface area contributed by atoms with Crippen LogP contribution in [0.4, 0.5) is 0 Å². The van der Waals surface area contributed by atoms with Crippen LogP contribution in [0.3, 0.4) is 0 Å². The van der Waals surface area contributed by atoms with Gasteiger partial charge < -0.3 is 5.11 Å². The first-order chi connectivity index (χ1) is 9.75. The molecule has 0 heterocycles. The second-order valence-electron chi connectivity index (χ2n) is 5.33. The lowest BCUT2D eigenvalue weighted by atomic mass is 10.1. The third-order valence-corrected chi connectivity index (χ3v) is 4.75.